The van der Waals surface area contributed by atoms with Gasteiger partial charge < -0.3 is 5.11 Å². The van der Waals surface area contributed by atoms with Crippen LogP contribution in [0.15, 0.2) is 12.2 Å². The molecule has 16 heavy (non-hydrogen) atoms. The molecule has 1 N–H and O–H groups in total. The summed E-state index contributed by atoms with van der Waals surface area (Å²) in [7, 11) is 0. The van der Waals surface area contributed by atoms with Gasteiger partial charge in [0.2, 0.25) is 0 Å². The van der Waals surface area contributed by atoms with Gasteiger partial charge in [0.05, 0.1) is 5.60 Å². The summed E-state index contributed by atoms with van der Waals surface area (Å²) in [6, 6.07) is 0. The quantitative estimate of drug-likeness (QED) is 0.620. The summed E-state index contributed by atoms with van der Waals surface area (Å²) < 4.78 is 0. The molecule has 0 radical (unpaired) electrons. The molecule has 90 valence electrons. The SMILES string of the molecule is C=C1CCC2C1CCC(C)(O)C1C2C1(C)C. The van der Waals surface area contributed by atoms with E-state index in [2.05, 4.69) is 27.4 Å². The van der Waals surface area contributed by atoms with Crippen molar-refractivity contribution in [1.82, 2.24) is 0 Å². The highest BCUT2D eigenvalue weighted by Gasteiger charge is 2.69. The molecule has 0 heterocycles. The molecule has 1 nitrogen and oxygen atoms in total. The third-order valence-electron chi connectivity index (χ3n) is 5.84. The van der Waals surface area contributed by atoms with E-state index >= 15 is 0 Å². The van der Waals surface area contributed by atoms with Crippen molar-refractivity contribution in [2.45, 2.75) is 52.1 Å². The van der Waals surface area contributed by atoms with Crippen LogP contribution >= 0.6 is 0 Å². The minimum absolute atomic E-state index is 0.359. The average molecular weight is 220 g/mol. The van der Waals surface area contributed by atoms with Gasteiger partial charge in [0.1, 0.15) is 0 Å². The van der Waals surface area contributed by atoms with Gasteiger partial charge in [0.25, 0.3) is 0 Å². The van der Waals surface area contributed by atoms with E-state index in [1.165, 1.54) is 24.8 Å². The number of allylic oxidation sites excluding steroid dienone is 1. The van der Waals surface area contributed by atoms with Gasteiger partial charge in [-0.3, -0.25) is 0 Å². The monoisotopic (exact) mass is 220 g/mol. The molecule has 0 saturated heterocycles. The summed E-state index contributed by atoms with van der Waals surface area (Å²) in [5.74, 6) is 2.81. The summed E-state index contributed by atoms with van der Waals surface area (Å²) in [5.41, 5.74) is 1.39. The maximum absolute atomic E-state index is 10.6. The first-order valence-corrected chi connectivity index (χ1v) is 6.76. The predicted octanol–water partition coefficient (Wildman–Crippen LogP) is 3.39. The normalized spacial score (nSPS) is 54.1. The molecule has 0 aromatic carbocycles. The van der Waals surface area contributed by atoms with E-state index < -0.39 is 5.60 Å². The van der Waals surface area contributed by atoms with Crippen LogP contribution in [0, 0.1) is 29.1 Å². The van der Waals surface area contributed by atoms with Crippen LogP contribution in [0.4, 0.5) is 0 Å². The molecule has 0 aromatic rings. The molecule has 3 rings (SSSR count). The number of aliphatic hydroxyl groups is 1. The highest BCUT2D eigenvalue weighted by molar-refractivity contribution is 5.22. The van der Waals surface area contributed by atoms with Gasteiger partial charge in [-0.15, -0.1) is 0 Å². The van der Waals surface area contributed by atoms with Crippen LogP contribution in [0.1, 0.15) is 46.5 Å². The third kappa shape index (κ3) is 1.21. The van der Waals surface area contributed by atoms with Crippen LogP contribution in [-0.4, -0.2) is 10.7 Å². The van der Waals surface area contributed by atoms with Crippen LogP contribution in [-0.2, 0) is 0 Å². The fourth-order valence-corrected chi connectivity index (χ4v) is 5.16. The van der Waals surface area contributed by atoms with Crippen molar-refractivity contribution in [3.8, 4) is 0 Å². The summed E-state index contributed by atoms with van der Waals surface area (Å²) in [6.07, 6.45) is 4.69. The van der Waals surface area contributed by atoms with E-state index in [-0.39, 0.29) is 0 Å². The Kier molecular flexibility index (Phi) is 1.98. The van der Waals surface area contributed by atoms with E-state index in [9.17, 15) is 5.11 Å². The second-order valence-corrected chi connectivity index (χ2v) is 7.19. The lowest BCUT2D eigenvalue weighted by Gasteiger charge is -2.26. The van der Waals surface area contributed by atoms with Crippen molar-refractivity contribution in [3.63, 3.8) is 0 Å². The molecular formula is C15H24O. The molecule has 3 fully saturated rings. The van der Waals surface area contributed by atoms with Crippen molar-refractivity contribution in [1.29, 1.82) is 0 Å². The third-order valence-corrected chi connectivity index (χ3v) is 5.84. The second-order valence-electron chi connectivity index (χ2n) is 7.19. The molecule has 3 aliphatic rings. The Morgan fingerprint density at radius 3 is 2.62 bits per heavy atom. The molecule has 1 heteroatoms. The highest BCUT2D eigenvalue weighted by atomic mass is 16.3. The van der Waals surface area contributed by atoms with E-state index in [1.807, 2.05) is 0 Å². The zero-order valence-corrected chi connectivity index (χ0v) is 10.8. The zero-order chi connectivity index (χ0) is 11.7. The topological polar surface area (TPSA) is 20.2 Å². The Labute approximate surface area is 98.9 Å². The van der Waals surface area contributed by atoms with E-state index in [0.29, 0.717) is 17.3 Å². The largest absolute Gasteiger partial charge is 0.390 e. The highest BCUT2D eigenvalue weighted by Crippen LogP contribution is 2.71. The maximum atomic E-state index is 10.6. The molecule has 0 aromatic heterocycles. The molecule has 5 atom stereocenters. The summed E-state index contributed by atoms with van der Waals surface area (Å²) in [4.78, 5) is 0. The Morgan fingerprint density at radius 1 is 1.25 bits per heavy atom. The van der Waals surface area contributed by atoms with Crippen LogP contribution < -0.4 is 0 Å². The molecule has 0 spiro atoms. The first kappa shape index (κ1) is 10.8. The Bertz CT molecular complexity index is 339. The number of fused-ring (bicyclic) bond motifs is 3. The van der Waals surface area contributed by atoms with Crippen molar-refractivity contribution in [3.05, 3.63) is 12.2 Å². The van der Waals surface area contributed by atoms with Gasteiger partial charge in [0.15, 0.2) is 0 Å². The molecule has 3 aliphatic carbocycles. The van der Waals surface area contributed by atoms with Gasteiger partial charge in [0, 0.05) is 0 Å². The zero-order valence-electron chi connectivity index (χ0n) is 10.8. The lowest BCUT2D eigenvalue weighted by Crippen LogP contribution is -2.29. The van der Waals surface area contributed by atoms with Gasteiger partial charge in [-0.05, 0) is 61.7 Å². The molecule has 0 amide bonds. The van der Waals surface area contributed by atoms with Crippen LogP contribution in [0.3, 0.4) is 0 Å². The van der Waals surface area contributed by atoms with E-state index in [4.69, 9.17) is 0 Å². The fraction of sp³-hybridized carbons (Fsp3) is 0.867. The summed E-state index contributed by atoms with van der Waals surface area (Å²) in [6.45, 7) is 11.0. The number of hydrogen-bond donors (Lipinski definition) is 1. The van der Waals surface area contributed by atoms with Crippen molar-refractivity contribution >= 4 is 0 Å². The van der Waals surface area contributed by atoms with Gasteiger partial charge in [-0.25, -0.2) is 0 Å². The Morgan fingerprint density at radius 2 is 1.94 bits per heavy atom. The lowest BCUT2D eigenvalue weighted by molar-refractivity contribution is 0.0143. The number of hydrogen-bond acceptors (Lipinski definition) is 1. The van der Waals surface area contributed by atoms with Crippen LogP contribution in [0.25, 0.3) is 0 Å². The van der Waals surface area contributed by atoms with Crippen molar-refractivity contribution < 1.29 is 5.11 Å². The van der Waals surface area contributed by atoms with Gasteiger partial charge in [-0.1, -0.05) is 26.0 Å². The second kappa shape index (κ2) is 2.93. The first-order chi connectivity index (χ1) is 7.36. The minimum Gasteiger partial charge on any atom is -0.390 e. The molecule has 3 saturated carbocycles. The molecule has 5 unspecified atom stereocenters. The molecular weight excluding hydrogens is 196 g/mol. The Balaban J connectivity index is 1.95. The first-order valence-electron chi connectivity index (χ1n) is 6.76. The smallest absolute Gasteiger partial charge is 0.0656 e. The van der Waals surface area contributed by atoms with Crippen molar-refractivity contribution in [2.75, 3.05) is 0 Å². The Hall–Kier alpha value is -0.300. The van der Waals surface area contributed by atoms with Crippen molar-refractivity contribution in [2.24, 2.45) is 29.1 Å². The van der Waals surface area contributed by atoms with Crippen LogP contribution in [0.2, 0.25) is 0 Å². The maximum Gasteiger partial charge on any atom is 0.0656 e. The molecule has 0 aliphatic heterocycles. The predicted molar refractivity (Wildman–Crippen MR) is 66.0 cm³/mol. The number of rotatable bonds is 0. The fourth-order valence-electron chi connectivity index (χ4n) is 5.16. The minimum atomic E-state index is -0.432. The van der Waals surface area contributed by atoms with Crippen LogP contribution in [0.5, 0.6) is 0 Å². The standard InChI is InChI=1S/C15H24O/c1-9-5-6-11-10(9)7-8-15(4,16)13-12(11)14(13,2)3/h10-13,16H,1,5-8H2,2-4H3. The summed E-state index contributed by atoms with van der Waals surface area (Å²) in [5, 5.41) is 10.6. The lowest BCUT2D eigenvalue weighted by atomic mass is 9.82. The van der Waals surface area contributed by atoms with Gasteiger partial charge >= 0.3 is 0 Å². The van der Waals surface area contributed by atoms with E-state index in [0.717, 1.165) is 18.3 Å². The van der Waals surface area contributed by atoms with E-state index in [1.54, 1.807) is 0 Å². The van der Waals surface area contributed by atoms with Gasteiger partial charge in [-0.2, -0.15) is 0 Å². The average Bonchev–Trinajstić information content (AvgIpc) is 2.60. The summed E-state index contributed by atoms with van der Waals surface area (Å²) >= 11 is 0. The molecule has 0 bridgehead atoms.